The van der Waals surface area contributed by atoms with Gasteiger partial charge in [-0.25, -0.2) is 19.6 Å². The lowest BCUT2D eigenvalue weighted by Gasteiger charge is -2.34. The molecule has 2 aromatic heterocycles. The van der Waals surface area contributed by atoms with Crippen LogP contribution >= 0.6 is 0 Å². The molecule has 4 aromatic rings. The number of hydrogen-bond acceptors (Lipinski definition) is 8. The van der Waals surface area contributed by atoms with Crippen LogP contribution in [0.2, 0.25) is 0 Å². The zero-order chi connectivity index (χ0) is 38.4. The van der Waals surface area contributed by atoms with E-state index in [1.807, 2.05) is 43.0 Å². The summed E-state index contributed by atoms with van der Waals surface area (Å²) >= 11 is 0. The summed E-state index contributed by atoms with van der Waals surface area (Å²) in [5, 5.41) is 2.69. The van der Waals surface area contributed by atoms with Crippen LogP contribution in [0.15, 0.2) is 60.9 Å². The maximum Gasteiger partial charge on any atom is 0.407 e. The molecule has 2 aromatic carbocycles. The first-order valence-electron chi connectivity index (χ1n) is 18.8. The first-order valence-corrected chi connectivity index (χ1v) is 18.8. The van der Waals surface area contributed by atoms with Gasteiger partial charge >= 0.3 is 12.2 Å². The zero-order valence-corrected chi connectivity index (χ0v) is 31.4. The Morgan fingerprint density at radius 2 is 1.33 bits per heavy atom. The standard InChI is InChI=1S/C40H50N8O6/c1-5-9-29(46-39(52)53-4)36(49)47-21-7-10-32(47)34-42-23-30(44-34)27-16-12-25(13-17-27)26-14-18-28(19-15-26)31-24-43-35(45-31)33-11-8-22-48(33)37(50)40(3,20-6-2)54-38(41)51/h12-19,23-24,29,32-33H,5-11,20-22H2,1-4H3,(H2,41,51)(H,42,44)(H,43,45)(H,46,52)/t29-,32-,33-,40-/m0/s1. The number of amides is 4. The minimum Gasteiger partial charge on any atom is -0.453 e. The summed E-state index contributed by atoms with van der Waals surface area (Å²) < 4.78 is 10.1. The number of hydrogen-bond donors (Lipinski definition) is 4. The SMILES string of the molecule is CCC[C@H](NC(=O)OC)C(=O)N1CCC[C@H]1c1ncc(-c2ccc(-c3ccc(-c4cnc([C@@H]5CCCN5C(=O)[C@](C)(CCC)OC(N)=O)[nH]4)cc3)cc2)[nH]1. The molecule has 2 fully saturated rings. The fraction of sp³-hybridized carbons (Fsp3) is 0.450. The van der Waals surface area contributed by atoms with Crippen LogP contribution in [-0.2, 0) is 19.1 Å². The largest absolute Gasteiger partial charge is 0.453 e. The van der Waals surface area contributed by atoms with Crippen LogP contribution in [0.25, 0.3) is 33.6 Å². The Labute approximate surface area is 315 Å². The van der Waals surface area contributed by atoms with Gasteiger partial charge in [-0.05, 0) is 67.7 Å². The highest BCUT2D eigenvalue weighted by Crippen LogP contribution is 2.36. The zero-order valence-electron chi connectivity index (χ0n) is 31.4. The molecule has 2 aliphatic heterocycles. The van der Waals surface area contributed by atoms with Crippen molar-refractivity contribution in [3.8, 4) is 33.6 Å². The van der Waals surface area contributed by atoms with Crippen LogP contribution < -0.4 is 11.1 Å². The van der Waals surface area contributed by atoms with E-state index in [1.54, 1.807) is 24.2 Å². The third-order valence-corrected chi connectivity index (χ3v) is 10.5. The molecule has 0 saturated carbocycles. The van der Waals surface area contributed by atoms with Crippen molar-refractivity contribution < 1.29 is 28.7 Å². The second kappa shape index (κ2) is 16.6. The number of nitrogens with zero attached hydrogens (tertiary/aromatic N) is 4. The van der Waals surface area contributed by atoms with Gasteiger partial charge < -0.3 is 40.3 Å². The number of nitrogens with two attached hydrogens (primary N) is 1. The smallest absolute Gasteiger partial charge is 0.407 e. The number of nitrogens with one attached hydrogen (secondary N) is 3. The molecular formula is C40H50N8O6. The Morgan fingerprint density at radius 1 is 0.833 bits per heavy atom. The molecule has 0 aliphatic carbocycles. The van der Waals surface area contributed by atoms with Gasteiger partial charge in [-0.15, -0.1) is 0 Å². The number of imidazole rings is 2. The summed E-state index contributed by atoms with van der Waals surface area (Å²) in [6.07, 6.45) is 7.53. The number of aromatic amines is 2. The number of likely N-dealkylation sites (tertiary alicyclic amines) is 2. The Morgan fingerprint density at radius 3 is 1.81 bits per heavy atom. The molecule has 0 spiro atoms. The summed E-state index contributed by atoms with van der Waals surface area (Å²) in [4.78, 5) is 70.3. The summed E-state index contributed by atoms with van der Waals surface area (Å²) in [6, 6.07) is 15.3. The second-order valence-electron chi connectivity index (χ2n) is 14.2. The normalized spacial score (nSPS) is 18.6. The molecule has 0 unspecified atom stereocenters. The topological polar surface area (TPSA) is 189 Å². The van der Waals surface area contributed by atoms with E-state index < -0.39 is 23.8 Å². The van der Waals surface area contributed by atoms with Crippen LogP contribution in [0.5, 0.6) is 0 Å². The molecule has 6 rings (SSSR count). The van der Waals surface area contributed by atoms with Gasteiger partial charge in [-0.1, -0.05) is 75.2 Å². The van der Waals surface area contributed by atoms with Crippen molar-refractivity contribution in [1.82, 2.24) is 35.1 Å². The first-order chi connectivity index (χ1) is 26.0. The van der Waals surface area contributed by atoms with Crippen molar-refractivity contribution in [2.75, 3.05) is 20.2 Å². The molecule has 286 valence electrons. The van der Waals surface area contributed by atoms with E-state index in [0.717, 1.165) is 71.6 Å². The van der Waals surface area contributed by atoms with Crippen molar-refractivity contribution in [3.63, 3.8) is 0 Å². The average molecular weight is 739 g/mol. The Kier molecular flexibility index (Phi) is 11.7. The molecule has 14 heteroatoms. The van der Waals surface area contributed by atoms with E-state index in [-0.39, 0.29) is 23.9 Å². The average Bonchev–Trinajstić information content (AvgIpc) is 4.01. The van der Waals surface area contributed by atoms with Gasteiger partial charge in [-0.3, -0.25) is 9.59 Å². The lowest BCUT2D eigenvalue weighted by atomic mass is 9.97. The fourth-order valence-electron chi connectivity index (χ4n) is 7.75. The van der Waals surface area contributed by atoms with E-state index in [9.17, 15) is 19.2 Å². The molecule has 5 N–H and O–H groups in total. The van der Waals surface area contributed by atoms with E-state index in [0.29, 0.717) is 38.2 Å². The van der Waals surface area contributed by atoms with Crippen LogP contribution in [-0.4, -0.2) is 85.6 Å². The molecule has 0 radical (unpaired) electrons. The quantitative estimate of drug-likeness (QED) is 0.117. The van der Waals surface area contributed by atoms with Crippen molar-refractivity contribution in [3.05, 3.63) is 72.6 Å². The van der Waals surface area contributed by atoms with E-state index in [4.69, 9.17) is 15.2 Å². The summed E-state index contributed by atoms with van der Waals surface area (Å²) in [7, 11) is 1.29. The molecule has 2 aliphatic rings. The number of H-pyrrole nitrogens is 2. The number of ether oxygens (including phenoxy) is 2. The highest BCUT2D eigenvalue weighted by molar-refractivity contribution is 5.88. The minimum absolute atomic E-state index is 0.123. The number of aromatic nitrogens is 4. The van der Waals surface area contributed by atoms with Gasteiger partial charge in [0.15, 0.2) is 5.60 Å². The van der Waals surface area contributed by atoms with Gasteiger partial charge in [-0.2, -0.15) is 0 Å². The lowest BCUT2D eigenvalue weighted by Crippen LogP contribution is -2.50. The summed E-state index contributed by atoms with van der Waals surface area (Å²) in [6.45, 7) is 6.69. The molecule has 4 atom stereocenters. The van der Waals surface area contributed by atoms with E-state index >= 15 is 0 Å². The molecule has 14 nitrogen and oxygen atoms in total. The Hall–Kier alpha value is -5.66. The first kappa shape index (κ1) is 38.1. The molecular weight excluding hydrogens is 688 g/mol. The molecule has 54 heavy (non-hydrogen) atoms. The van der Waals surface area contributed by atoms with Gasteiger partial charge in [0.1, 0.15) is 17.7 Å². The number of alkyl carbamates (subject to hydrolysis) is 1. The second-order valence-corrected chi connectivity index (χ2v) is 14.2. The third kappa shape index (κ3) is 8.12. The van der Waals surface area contributed by atoms with Crippen molar-refractivity contribution in [1.29, 1.82) is 0 Å². The number of rotatable bonds is 13. The van der Waals surface area contributed by atoms with Crippen LogP contribution in [0.1, 0.15) is 95.9 Å². The highest BCUT2D eigenvalue weighted by atomic mass is 16.6. The highest BCUT2D eigenvalue weighted by Gasteiger charge is 2.44. The predicted octanol–water partition coefficient (Wildman–Crippen LogP) is 6.64. The monoisotopic (exact) mass is 738 g/mol. The Balaban J connectivity index is 1.11. The van der Waals surface area contributed by atoms with Crippen molar-refractivity contribution in [2.45, 2.75) is 95.9 Å². The van der Waals surface area contributed by atoms with Crippen molar-refractivity contribution in [2.24, 2.45) is 5.73 Å². The van der Waals surface area contributed by atoms with E-state index in [2.05, 4.69) is 49.5 Å². The van der Waals surface area contributed by atoms with Gasteiger partial charge in [0, 0.05) is 13.1 Å². The molecule has 0 bridgehead atoms. The Bertz CT molecular complexity index is 1940. The molecule has 2 saturated heterocycles. The number of primary amides is 1. The van der Waals surface area contributed by atoms with Gasteiger partial charge in [0.05, 0.1) is 43.0 Å². The predicted molar refractivity (Wildman–Crippen MR) is 203 cm³/mol. The van der Waals surface area contributed by atoms with Crippen LogP contribution in [0.3, 0.4) is 0 Å². The number of methoxy groups -OCH3 is 1. The maximum atomic E-state index is 13.6. The molecule has 4 amide bonds. The van der Waals surface area contributed by atoms with Gasteiger partial charge in [0.25, 0.3) is 5.91 Å². The van der Waals surface area contributed by atoms with E-state index in [1.165, 1.54) is 7.11 Å². The lowest BCUT2D eigenvalue weighted by molar-refractivity contribution is -0.151. The van der Waals surface area contributed by atoms with Gasteiger partial charge in [0.2, 0.25) is 5.91 Å². The number of carbonyl (C=O) groups is 4. The molecule has 4 heterocycles. The third-order valence-electron chi connectivity index (χ3n) is 10.5. The van der Waals surface area contributed by atoms with Crippen LogP contribution in [0, 0.1) is 0 Å². The maximum absolute atomic E-state index is 13.6. The summed E-state index contributed by atoms with van der Waals surface area (Å²) in [5.74, 6) is 1.04. The number of benzene rings is 2. The summed E-state index contributed by atoms with van der Waals surface area (Å²) in [5.41, 5.74) is 9.74. The van der Waals surface area contributed by atoms with Crippen molar-refractivity contribution >= 4 is 24.0 Å². The van der Waals surface area contributed by atoms with Crippen LogP contribution in [0.4, 0.5) is 9.59 Å². The fourth-order valence-corrected chi connectivity index (χ4v) is 7.75. The number of carbonyl (C=O) groups excluding carboxylic acids is 4. The minimum atomic E-state index is -1.32.